The van der Waals surface area contributed by atoms with Gasteiger partial charge in [0.2, 0.25) is 0 Å². The fraction of sp³-hybridized carbons (Fsp3) is 0.538. The van der Waals surface area contributed by atoms with E-state index in [4.69, 9.17) is 10.5 Å². The van der Waals surface area contributed by atoms with Crippen molar-refractivity contribution in [2.75, 3.05) is 13.2 Å². The average Bonchev–Trinajstić information content (AvgIpc) is 3.08. The molecule has 82 valence electrons. The third-order valence-electron chi connectivity index (χ3n) is 3.24. The standard InChI is InChI=1S/C13H19NO/c1-2-15-10-13(7-8-13)12-5-3-11(9-14)4-6-12/h3-6H,2,7-10,14H2,1H3. The van der Waals surface area contributed by atoms with Crippen LogP contribution in [0.5, 0.6) is 0 Å². The maximum absolute atomic E-state index is 5.58. The third kappa shape index (κ3) is 2.21. The third-order valence-corrected chi connectivity index (χ3v) is 3.24. The van der Waals surface area contributed by atoms with Crippen LogP contribution in [0.2, 0.25) is 0 Å². The van der Waals surface area contributed by atoms with E-state index < -0.39 is 0 Å². The van der Waals surface area contributed by atoms with Gasteiger partial charge in [-0.1, -0.05) is 24.3 Å². The molecule has 2 N–H and O–H groups in total. The minimum atomic E-state index is 0.323. The fourth-order valence-electron chi connectivity index (χ4n) is 1.96. The number of nitrogens with two attached hydrogens (primary N) is 1. The molecule has 15 heavy (non-hydrogen) atoms. The van der Waals surface area contributed by atoms with Crippen molar-refractivity contribution in [3.05, 3.63) is 35.4 Å². The Kier molecular flexibility index (Phi) is 3.08. The smallest absolute Gasteiger partial charge is 0.0562 e. The first kappa shape index (κ1) is 10.7. The quantitative estimate of drug-likeness (QED) is 0.800. The molecule has 0 aliphatic heterocycles. The Hall–Kier alpha value is -0.860. The predicted octanol–water partition coefficient (Wildman–Crippen LogP) is 2.21. The van der Waals surface area contributed by atoms with Crippen LogP contribution < -0.4 is 5.73 Å². The minimum Gasteiger partial charge on any atom is -0.381 e. The van der Waals surface area contributed by atoms with E-state index >= 15 is 0 Å². The molecule has 2 nitrogen and oxygen atoms in total. The molecular formula is C13H19NO. The maximum Gasteiger partial charge on any atom is 0.0562 e. The molecule has 1 aliphatic carbocycles. The molecule has 0 saturated heterocycles. The van der Waals surface area contributed by atoms with Gasteiger partial charge in [0.15, 0.2) is 0 Å². The van der Waals surface area contributed by atoms with Gasteiger partial charge in [-0.2, -0.15) is 0 Å². The molecule has 0 radical (unpaired) electrons. The highest BCUT2D eigenvalue weighted by Gasteiger charge is 2.44. The van der Waals surface area contributed by atoms with Gasteiger partial charge >= 0.3 is 0 Å². The highest BCUT2D eigenvalue weighted by molar-refractivity contribution is 5.33. The van der Waals surface area contributed by atoms with Gasteiger partial charge < -0.3 is 10.5 Å². The summed E-state index contributed by atoms with van der Waals surface area (Å²) in [6.45, 7) is 4.35. The zero-order valence-corrected chi connectivity index (χ0v) is 9.33. The summed E-state index contributed by atoms with van der Waals surface area (Å²) in [7, 11) is 0. The second-order valence-corrected chi connectivity index (χ2v) is 4.32. The largest absolute Gasteiger partial charge is 0.381 e. The molecule has 0 heterocycles. The van der Waals surface area contributed by atoms with Crippen LogP contribution >= 0.6 is 0 Å². The minimum absolute atomic E-state index is 0.323. The predicted molar refractivity (Wildman–Crippen MR) is 61.7 cm³/mol. The lowest BCUT2D eigenvalue weighted by Crippen LogP contribution is -2.15. The van der Waals surface area contributed by atoms with Crippen molar-refractivity contribution >= 4 is 0 Å². The normalized spacial score (nSPS) is 17.7. The molecular weight excluding hydrogens is 186 g/mol. The zero-order chi connectivity index (χ0) is 10.7. The van der Waals surface area contributed by atoms with Crippen LogP contribution in [0.3, 0.4) is 0 Å². The van der Waals surface area contributed by atoms with Crippen LogP contribution in [-0.4, -0.2) is 13.2 Å². The Balaban J connectivity index is 2.08. The summed E-state index contributed by atoms with van der Waals surface area (Å²) >= 11 is 0. The van der Waals surface area contributed by atoms with E-state index in [-0.39, 0.29) is 0 Å². The molecule has 2 heteroatoms. The molecule has 0 amide bonds. The summed E-state index contributed by atoms with van der Waals surface area (Å²) in [5.74, 6) is 0. The number of benzene rings is 1. The van der Waals surface area contributed by atoms with Crippen molar-refractivity contribution in [1.82, 2.24) is 0 Å². The van der Waals surface area contributed by atoms with Gasteiger partial charge in [0.1, 0.15) is 0 Å². The van der Waals surface area contributed by atoms with Crippen LogP contribution in [0.15, 0.2) is 24.3 Å². The van der Waals surface area contributed by atoms with E-state index in [0.29, 0.717) is 12.0 Å². The van der Waals surface area contributed by atoms with Gasteiger partial charge in [-0.05, 0) is 30.9 Å². The Morgan fingerprint density at radius 3 is 2.40 bits per heavy atom. The molecule has 1 aromatic carbocycles. The molecule has 1 aliphatic rings. The first-order valence-electron chi connectivity index (χ1n) is 5.68. The lowest BCUT2D eigenvalue weighted by molar-refractivity contribution is 0.125. The van der Waals surface area contributed by atoms with E-state index in [1.54, 1.807) is 0 Å². The molecule has 0 unspecified atom stereocenters. The van der Waals surface area contributed by atoms with Crippen LogP contribution in [0.1, 0.15) is 30.9 Å². The number of hydrogen-bond acceptors (Lipinski definition) is 2. The summed E-state index contributed by atoms with van der Waals surface area (Å²) < 4.78 is 5.55. The molecule has 1 saturated carbocycles. The second kappa shape index (κ2) is 4.33. The Morgan fingerprint density at radius 2 is 1.93 bits per heavy atom. The second-order valence-electron chi connectivity index (χ2n) is 4.32. The van der Waals surface area contributed by atoms with Crippen molar-refractivity contribution in [3.8, 4) is 0 Å². The van der Waals surface area contributed by atoms with E-state index in [0.717, 1.165) is 13.2 Å². The van der Waals surface area contributed by atoms with E-state index in [1.165, 1.54) is 24.0 Å². The molecule has 1 aromatic rings. The maximum atomic E-state index is 5.58. The number of hydrogen-bond donors (Lipinski definition) is 1. The van der Waals surface area contributed by atoms with E-state index in [9.17, 15) is 0 Å². The highest BCUT2D eigenvalue weighted by Crippen LogP contribution is 2.48. The lowest BCUT2D eigenvalue weighted by atomic mass is 9.96. The number of ether oxygens (including phenoxy) is 1. The molecule has 0 spiro atoms. The lowest BCUT2D eigenvalue weighted by Gasteiger charge is -2.15. The Labute approximate surface area is 91.4 Å². The summed E-state index contributed by atoms with van der Waals surface area (Å²) in [5.41, 5.74) is 8.51. The van der Waals surface area contributed by atoms with Crippen molar-refractivity contribution < 1.29 is 4.74 Å². The zero-order valence-electron chi connectivity index (χ0n) is 9.33. The van der Waals surface area contributed by atoms with Crippen molar-refractivity contribution in [2.24, 2.45) is 5.73 Å². The summed E-state index contributed by atoms with van der Waals surface area (Å²) in [4.78, 5) is 0. The van der Waals surface area contributed by atoms with Gasteiger partial charge in [-0.15, -0.1) is 0 Å². The summed E-state index contributed by atoms with van der Waals surface area (Å²) in [6, 6.07) is 8.66. The van der Waals surface area contributed by atoms with E-state index in [1.807, 2.05) is 6.92 Å². The Morgan fingerprint density at radius 1 is 1.27 bits per heavy atom. The average molecular weight is 205 g/mol. The van der Waals surface area contributed by atoms with Crippen LogP contribution in [0, 0.1) is 0 Å². The van der Waals surface area contributed by atoms with Gasteiger partial charge in [0.25, 0.3) is 0 Å². The SMILES string of the molecule is CCOCC1(c2ccc(CN)cc2)CC1. The fourth-order valence-corrected chi connectivity index (χ4v) is 1.96. The van der Waals surface area contributed by atoms with Crippen LogP contribution in [-0.2, 0) is 16.7 Å². The molecule has 0 bridgehead atoms. The monoisotopic (exact) mass is 205 g/mol. The summed E-state index contributed by atoms with van der Waals surface area (Å²) in [5, 5.41) is 0. The highest BCUT2D eigenvalue weighted by atomic mass is 16.5. The van der Waals surface area contributed by atoms with Crippen LogP contribution in [0.4, 0.5) is 0 Å². The van der Waals surface area contributed by atoms with Gasteiger partial charge in [0, 0.05) is 18.6 Å². The van der Waals surface area contributed by atoms with Gasteiger partial charge in [0.05, 0.1) is 6.61 Å². The first-order valence-corrected chi connectivity index (χ1v) is 5.68. The van der Waals surface area contributed by atoms with Gasteiger partial charge in [-0.3, -0.25) is 0 Å². The summed E-state index contributed by atoms with van der Waals surface area (Å²) in [6.07, 6.45) is 2.52. The molecule has 1 fully saturated rings. The van der Waals surface area contributed by atoms with E-state index in [2.05, 4.69) is 24.3 Å². The van der Waals surface area contributed by atoms with Crippen molar-refractivity contribution in [3.63, 3.8) is 0 Å². The molecule has 0 atom stereocenters. The van der Waals surface area contributed by atoms with Crippen molar-refractivity contribution in [2.45, 2.75) is 31.7 Å². The molecule has 0 aromatic heterocycles. The molecule has 2 rings (SSSR count). The van der Waals surface area contributed by atoms with Crippen LogP contribution in [0.25, 0.3) is 0 Å². The Bertz CT molecular complexity index is 314. The number of rotatable bonds is 5. The topological polar surface area (TPSA) is 35.2 Å². The van der Waals surface area contributed by atoms with Crippen molar-refractivity contribution in [1.29, 1.82) is 0 Å². The van der Waals surface area contributed by atoms with Gasteiger partial charge in [-0.25, -0.2) is 0 Å². The first-order chi connectivity index (χ1) is 7.30.